The van der Waals surface area contributed by atoms with Crippen molar-refractivity contribution in [3.05, 3.63) is 88.5 Å². The lowest BCUT2D eigenvalue weighted by Gasteiger charge is -2.17. The molecular formula is C20H15N2O3+. The second-order valence-corrected chi connectivity index (χ2v) is 5.74. The molecule has 0 N–H and O–H groups in total. The Hall–Kier alpha value is -3.47. The van der Waals surface area contributed by atoms with Crippen LogP contribution in [-0.2, 0) is 0 Å². The van der Waals surface area contributed by atoms with Crippen molar-refractivity contribution in [1.29, 1.82) is 0 Å². The summed E-state index contributed by atoms with van der Waals surface area (Å²) in [7, 11) is 0. The molecule has 0 fully saturated rings. The molecule has 1 aliphatic heterocycles. The van der Waals surface area contributed by atoms with E-state index in [1.807, 2.05) is 71.5 Å². The van der Waals surface area contributed by atoms with E-state index in [0.717, 1.165) is 16.8 Å². The number of hydrogen-bond acceptors (Lipinski definition) is 3. The van der Waals surface area contributed by atoms with Crippen LogP contribution in [0.4, 0.5) is 11.4 Å². The van der Waals surface area contributed by atoms with Crippen LogP contribution in [0.25, 0.3) is 11.1 Å². The molecule has 3 aromatic rings. The minimum Gasteiger partial charge on any atom is -0.434 e. The lowest BCUT2D eigenvalue weighted by molar-refractivity contribution is -0.476. The Morgan fingerprint density at radius 2 is 1.64 bits per heavy atom. The van der Waals surface area contributed by atoms with Gasteiger partial charge >= 0.3 is 0 Å². The third kappa shape index (κ3) is 2.87. The fourth-order valence-corrected chi connectivity index (χ4v) is 2.94. The molecule has 5 heteroatoms. The molecule has 0 amide bonds. The van der Waals surface area contributed by atoms with Gasteiger partial charge in [-0.3, -0.25) is 10.1 Å². The Balaban J connectivity index is 1.89. The average Bonchev–Trinajstić information content (AvgIpc) is 2.68. The fraction of sp³-hybridized carbons (Fsp3) is 0.0500. The topological polar surface area (TPSA) is 55.4 Å². The lowest BCUT2D eigenvalue weighted by atomic mass is 10.00. The van der Waals surface area contributed by atoms with Crippen LogP contribution in [0.3, 0.4) is 0 Å². The van der Waals surface area contributed by atoms with Crippen LogP contribution in [0.1, 0.15) is 5.56 Å². The summed E-state index contributed by atoms with van der Waals surface area (Å²) in [5.74, 6) is 0.670. The number of fused-ring (bicyclic) bond motifs is 1. The molecule has 0 unspecified atom stereocenters. The highest BCUT2D eigenvalue weighted by Gasteiger charge is 2.25. The summed E-state index contributed by atoms with van der Waals surface area (Å²) in [5.41, 5.74) is 3.34. The molecule has 1 aliphatic rings. The molecular weight excluding hydrogens is 316 g/mol. The summed E-state index contributed by atoms with van der Waals surface area (Å²) < 4.78 is 7.91. The minimum atomic E-state index is -0.373. The van der Waals surface area contributed by atoms with Gasteiger partial charge in [-0.25, -0.2) is 0 Å². The van der Waals surface area contributed by atoms with Crippen molar-refractivity contribution in [3.8, 4) is 16.9 Å². The molecule has 0 spiro atoms. The van der Waals surface area contributed by atoms with E-state index in [1.54, 1.807) is 12.1 Å². The molecule has 122 valence electrons. The van der Waals surface area contributed by atoms with Gasteiger partial charge in [-0.15, -0.1) is 0 Å². The van der Waals surface area contributed by atoms with Gasteiger partial charge in [-0.2, -0.15) is 4.58 Å². The zero-order chi connectivity index (χ0) is 17.2. The van der Waals surface area contributed by atoms with Crippen LogP contribution in [0.2, 0.25) is 0 Å². The summed E-state index contributed by atoms with van der Waals surface area (Å²) in [6, 6.07) is 22.5. The molecule has 0 saturated heterocycles. The molecule has 3 aromatic carbocycles. The van der Waals surface area contributed by atoms with Gasteiger partial charge in [0.2, 0.25) is 5.69 Å². The van der Waals surface area contributed by atoms with E-state index in [-0.39, 0.29) is 10.6 Å². The first-order valence-corrected chi connectivity index (χ1v) is 7.89. The predicted molar refractivity (Wildman–Crippen MR) is 95.6 cm³/mol. The van der Waals surface area contributed by atoms with Crippen molar-refractivity contribution in [2.24, 2.45) is 0 Å². The predicted octanol–water partition coefficient (Wildman–Crippen LogP) is 4.37. The van der Waals surface area contributed by atoms with Crippen LogP contribution in [0.15, 0.2) is 72.8 Å². The number of rotatable bonds is 3. The van der Waals surface area contributed by atoms with Crippen LogP contribution in [0, 0.1) is 10.1 Å². The van der Waals surface area contributed by atoms with Crippen LogP contribution in [-0.4, -0.2) is 22.4 Å². The molecule has 1 heterocycles. The van der Waals surface area contributed by atoms with Gasteiger partial charge in [-0.05, 0) is 5.56 Å². The van der Waals surface area contributed by atoms with Crippen molar-refractivity contribution >= 4 is 17.6 Å². The van der Waals surface area contributed by atoms with Gasteiger partial charge in [-0.1, -0.05) is 48.5 Å². The van der Waals surface area contributed by atoms with Gasteiger partial charge in [0.15, 0.2) is 6.21 Å². The SMILES string of the molecule is O=[N+]([O-])c1cc2c(c(-c3ccccc3)c1)OC[N+](c1ccccc1)=C2. The van der Waals surface area contributed by atoms with E-state index < -0.39 is 0 Å². The van der Waals surface area contributed by atoms with Crippen LogP contribution >= 0.6 is 0 Å². The number of benzene rings is 3. The standard InChI is InChI=1S/C20H15N2O3/c23-22(24)18-11-16-13-21(17-9-5-2-6-10-17)14-25-20(16)19(12-18)15-7-3-1-4-8-15/h1-13H,14H2/q+1. The fourth-order valence-electron chi connectivity index (χ4n) is 2.94. The quantitative estimate of drug-likeness (QED) is 0.407. The highest BCUT2D eigenvalue weighted by Crippen LogP contribution is 2.38. The Labute approximate surface area is 144 Å². The highest BCUT2D eigenvalue weighted by molar-refractivity contribution is 5.89. The largest absolute Gasteiger partial charge is 0.434 e. The normalized spacial score (nSPS) is 12.7. The number of ether oxygens (including phenoxy) is 1. The zero-order valence-corrected chi connectivity index (χ0v) is 13.3. The molecule has 4 rings (SSSR count). The number of nitro benzene ring substituents is 1. The molecule has 0 bridgehead atoms. The first-order valence-electron chi connectivity index (χ1n) is 7.89. The molecule has 0 aromatic heterocycles. The van der Waals surface area contributed by atoms with Gasteiger partial charge in [0.1, 0.15) is 5.75 Å². The van der Waals surface area contributed by atoms with E-state index in [4.69, 9.17) is 4.74 Å². The third-order valence-electron chi connectivity index (χ3n) is 4.13. The highest BCUT2D eigenvalue weighted by atomic mass is 16.6. The van der Waals surface area contributed by atoms with Crippen molar-refractivity contribution in [2.45, 2.75) is 0 Å². The van der Waals surface area contributed by atoms with Crippen LogP contribution < -0.4 is 4.74 Å². The summed E-state index contributed by atoms with van der Waals surface area (Å²) >= 11 is 0. The van der Waals surface area contributed by atoms with E-state index >= 15 is 0 Å². The Bertz CT molecular complexity index is 967. The summed E-state index contributed by atoms with van der Waals surface area (Å²) in [5, 5.41) is 11.4. The monoisotopic (exact) mass is 331 g/mol. The molecule has 0 aliphatic carbocycles. The van der Waals surface area contributed by atoms with E-state index in [1.165, 1.54) is 0 Å². The smallest absolute Gasteiger partial charge is 0.292 e. The van der Waals surface area contributed by atoms with Crippen molar-refractivity contribution in [1.82, 2.24) is 0 Å². The first kappa shape index (κ1) is 15.1. The van der Waals surface area contributed by atoms with E-state index in [0.29, 0.717) is 18.0 Å². The molecule has 25 heavy (non-hydrogen) atoms. The number of nitrogens with zero attached hydrogens (tertiary/aromatic N) is 2. The van der Waals surface area contributed by atoms with E-state index in [2.05, 4.69) is 0 Å². The number of hydrogen-bond donors (Lipinski definition) is 0. The second-order valence-electron chi connectivity index (χ2n) is 5.74. The van der Waals surface area contributed by atoms with Crippen molar-refractivity contribution in [3.63, 3.8) is 0 Å². The Kier molecular flexibility index (Phi) is 3.74. The Morgan fingerprint density at radius 1 is 0.960 bits per heavy atom. The molecule has 0 atom stereocenters. The number of non-ortho nitro benzene ring substituents is 1. The first-order chi connectivity index (χ1) is 12.2. The van der Waals surface area contributed by atoms with Gasteiger partial charge < -0.3 is 4.74 Å². The summed E-state index contributed by atoms with van der Waals surface area (Å²) in [6.07, 6.45) is 1.90. The molecule has 0 saturated carbocycles. The summed E-state index contributed by atoms with van der Waals surface area (Å²) in [4.78, 5) is 11.0. The van der Waals surface area contributed by atoms with Gasteiger partial charge in [0.05, 0.1) is 10.5 Å². The minimum absolute atomic E-state index is 0.0485. The van der Waals surface area contributed by atoms with Crippen LogP contribution in [0.5, 0.6) is 5.75 Å². The Morgan fingerprint density at radius 3 is 2.32 bits per heavy atom. The number of nitro groups is 1. The third-order valence-corrected chi connectivity index (χ3v) is 4.13. The maximum Gasteiger partial charge on any atom is 0.292 e. The number of para-hydroxylation sites is 1. The molecule has 0 radical (unpaired) electrons. The van der Waals surface area contributed by atoms with Crippen molar-refractivity contribution < 1.29 is 14.2 Å². The lowest BCUT2D eigenvalue weighted by Crippen LogP contribution is -2.21. The van der Waals surface area contributed by atoms with Gasteiger partial charge in [0, 0.05) is 29.8 Å². The maximum atomic E-state index is 11.4. The molecule has 5 nitrogen and oxygen atoms in total. The summed E-state index contributed by atoms with van der Waals surface area (Å²) in [6.45, 7) is 0.356. The maximum absolute atomic E-state index is 11.4. The van der Waals surface area contributed by atoms with Crippen molar-refractivity contribution in [2.75, 3.05) is 6.73 Å². The van der Waals surface area contributed by atoms with E-state index in [9.17, 15) is 10.1 Å². The second kappa shape index (κ2) is 6.20. The average molecular weight is 331 g/mol. The van der Waals surface area contributed by atoms with Gasteiger partial charge in [0.25, 0.3) is 12.4 Å². The zero-order valence-electron chi connectivity index (χ0n) is 13.3.